The van der Waals surface area contributed by atoms with Crippen LogP contribution in [-0.4, -0.2) is 32.3 Å². The monoisotopic (exact) mass is 314 g/mol. The molecule has 0 bridgehead atoms. The molecule has 6 nitrogen and oxygen atoms in total. The van der Waals surface area contributed by atoms with Crippen molar-refractivity contribution in [1.29, 1.82) is 0 Å². The molecule has 1 aromatic heterocycles. The van der Waals surface area contributed by atoms with E-state index in [-0.39, 0.29) is 17.9 Å². The van der Waals surface area contributed by atoms with E-state index in [1.807, 2.05) is 31.2 Å². The van der Waals surface area contributed by atoms with Crippen LogP contribution in [0.25, 0.3) is 11.4 Å². The second-order valence-electron chi connectivity index (χ2n) is 6.17. The number of rotatable bonds is 4. The maximum absolute atomic E-state index is 12.2. The van der Waals surface area contributed by atoms with E-state index < -0.39 is 0 Å². The molecule has 0 unspecified atom stereocenters. The second-order valence-corrected chi connectivity index (χ2v) is 6.17. The molecule has 0 aliphatic heterocycles. The standard InChI is InChI=1S/C17H22N4O2/c1-11-19-16(21-20-11)14-4-2-3-12(9-14)10-18-17(23)13-5-7-15(22)8-6-13/h2-4,9,13,15,22H,5-8,10H2,1H3,(H,18,23)(H,19,20,21). The Hall–Kier alpha value is -2.21. The van der Waals surface area contributed by atoms with Gasteiger partial charge in [-0.2, -0.15) is 5.10 Å². The molecule has 6 heteroatoms. The molecule has 1 aliphatic carbocycles. The number of amides is 1. The van der Waals surface area contributed by atoms with E-state index in [4.69, 9.17) is 0 Å². The van der Waals surface area contributed by atoms with Crippen molar-refractivity contribution in [2.45, 2.75) is 45.3 Å². The molecule has 1 fully saturated rings. The summed E-state index contributed by atoms with van der Waals surface area (Å²) in [4.78, 5) is 16.5. The summed E-state index contributed by atoms with van der Waals surface area (Å²) < 4.78 is 0. The summed E-state index contributed by atoms with van der Waals surface area (Å²) in [6.07, 6.45) is 2.74. The summed E-state index contributed by atoms with van der Waals surface area (Å²) in [5.74, 6) is 1.54. The van der Waals surface area contributed by atoms with Gasteiger partial charge in [-0.25, -0.2) is 4.98 Å². The molecular weight excluding hydrogens is 292 g/mol. The third-order valence-electron chi connectivity index (χ3n) is 4.32. The van der Waals surface area contributed by atoms with Gasteiger partial charge in [0.2, 0.25) is 5.91 Å². The second kappa shape index (κ2) is 6.91. The largest absolute Gasteiger partial charge is 0.393 e. The number of aromatic amines is 1. The quantitative estimate of drug-likeness (QED) is 0.804. The van der Waals surface area contributed by atoms with Gasteiger partial charge < -0.3 is 10.4 Å². The maximum Gasteiger partial charge on any atom is 0.223 e. The molecule has 0 spiro atoms. The minimum Gasteiger partial charge on any atom is -0.393 e. The first-order valence-corrected chi connectivity index (χ1v) is 8.06. The molecule has 1 amide bonds. The van der Waals surface area contributed by atoms with Crippen molar-refractivity contribution >= 4 is 5.91 Å². The van der Waals surface area contributed by atoms with Crippen molar-refractivity contribution in [2.75, 3.05) is 0 Å². The summed E-state index contributed by atoms with van der Waals surface area (Å²) >= 11 is 0. The average molecular weight is 314 g/mol. The highest BCUT2D eigenvalue weighted by atomic mass is 16.3. The Labute approximate surface area is 135 Å². The molecule has 1 aliphatic rings. The molecule has 3 rings (SSSR count). The molecule has 23 heavy (non-hydrogen) atoms. The Balaban J connectivity index is 1.59. The van der Waals surface area contributed by atoms with Crippen molar-refractivity contribution in [2.24, 2.45) is 5.92 Å². The summed E-state index contributed by atoms with van der Waals surface area (Å²) in [6, 6.07) is 7.87. The van der Waals surface area contributed by atoms with Gasteiger partial charge in [0.1, 0.15) is 5.82 Å². The summed E-state index contributed by atoms with van der Waals surface area (Å²) in [7, 11) is 0. The molecule has 0 atom stereocenters. The first kappa shape index (κ1) is 15.7. The van der Waals surface area contributed by atoms with Gasteiger partial charge in [-0.05, 0) is 44.2 Å². The fraction of sp³-hybridized carbons (Fsp3) is 0.471. The number of hydrogen-bond donors (Lipinski definition) is 3. The molecule has 1 heterocycles. The molecule has 0 radical (unpaired) electrons. The lowest BCUT2D eigenvalue weighted by atomic mass is 9.87. The van der Waals surface area contributed by atoms with Crippen LogP contribution in [0.15, 0.2) is 24.3 Å². The van der Waals surface area contributed by atoms with Crippen LogP contribution in [0.5, 0.6) is 0 Å². The molecule has 2 aromatic rings. The van der Waals surface area contributed by atoms with Crippen molar-refractivity contribution in [3.63, 3.8) is 0 Å². The third kappa shape index (κ3) is 3.96. The highest BCUT2D eigenvalue weighted by Crippen LogP contribution is 2.24. The number of nitrogens with zero attached hydrogens (tertiary/aromatic N) is 2. The van der Waals surface area contributed by atoms with Gasteiger partial charge in [-0.1, -0.05) is 18.2 Å². The van der Waals surface area contributed by atoms with E-state index in [0.717, 1.165) is 42.6 Å². The molecule has 122 valence electrons. The van der Waals surface area contributed by atoms with Gasteiger partial charge in [-0.15, -0.1) is 0 Å². The zero-order valence-electron chi connectivity index (χ0n) is 13.2. The fourth-order valence-corrected chi connectivity index (χ4v) is 2.96. The number of aliphatic hydroxyl groups is 1. The number of aryl methyl sites for hydroxylation is 1. The number of aromatic nitrogens is 3. The number of carbonyl (C=O) groups is 1. The summed E-state index contributed by atoms with van der Waals surface area (Å²) in [5.41, 5.74) is 1.95. The Kier molecular flexibility index (Phi) is 4.71. The van der Waals surface area contributed by atoms with Crippen LogP contribution >= 0.6 is 0 Å². The van der Waals surface area contributed by atoms with Gasteiger partial charge in [-0.3, -0.25) is 9.89 Å². The zero-order valence-corrected chi connectivity index (χ0v) is 13.2. The molecule has 1 saturated carbocycles. The van der Waals surface area contributed by atoms with Crippen molar-refractivity contribution in [3.05, 3.63) is 35.7 Å². The van der Waals surface area contributed by atoms with Crippen LogP contribution in [0.2, 0.25) is 0 Å². The minimum atomic E-state index is -0.236. The van der Waals surface area contributed by atoms with Crippen molar-refractivity contribution in [1.82, 2.24) is 20.5 Å². The number of aliphatic hydroxyl groups excluding tert-OH is 1. The van der Waals surface area contributed by atoms with Crippen LogP contribution in [0.1, 0.15) is 37.1 Å². The van der Waals surface area contributed by atoms with Crippen LogP contribution in [-0.2, 0) is 11.3 Å². The SMILES string of the molecule is Cc1nc(-c2cccc(CNC(=O)C3CCC(O)CC3)c2)n[nH]1. The van der Waals surface area contributed by atoms with Crippen molar-refractivity contribution < 1.29 is 9.90 Å². The molecule has 3 N–H and O–H groups in total. The Morgan fingerprint density at radius 1 is 1.35 bits per heavy atom. The van der Waals surface area contributed by atoms with Gasteiger partial charge in [0.25, 0.3) is 0 Å². The van der Waals surface area contributed by atoms with Crippen LogP contribution < -0.4 is 5.32 Å². The van der Waals surface area contributed by atoms with E-state index in [1.165, 1.54) is 0 Å². The van der Waals surface area contributed by atoms with Gasteiger partial charge in [0.05, 0.1) is 6.10 Å². The van der Waals surface area contributed by atoms with Crippen LogP contribution in [0, 0.1) is 12.8 Å². The molecule has 0 saturated heterocycles. The minimum absolute atomic E-state index is 0.0252. The van der Waals surface area contributed by atoms with Gasteiger partial charge in [0.15, 0.2) is 5.82 Å². The first-order chi connectivity index (χ1) is 11.1. The number of carbonyl (C=O) groups excluding carboxylic acids is 1. The average Bonchev–Trinajstić information content (AvgIpc) is 3.00. The van der Waals surface area contributed by atoms with E-state index in [2.05, 4.69) is 20.5 Å². The predicted molar refractivity (Wildman–Crippen MR) is 86.4 cm³/mol. The van der Waals surface area contributed by atoms with Crippen LogP contribution in [0.3, 0.4) is 0 Å². The summed E-state index contributed by atoms with van der Waals surface area (Å²) in [6.45, 7) is 2.36. The van der Waals surface area contributed by atoms with E-state index in [0.29, 0.717) is 12.4 Å². The lowest BCUT2D eigenvalue weighted by Gasteiger charge is -2.24. The number of benzene rings is 1. The topological polar surface area (TPSA) is 90.9 Å². The molecule has 1 aromatic carbocycles. The number of hydrogen-bond acceptors (Lipinski definition) is 4. The first-order valence-electron chi connectivity index (χ1n) is 8.06. The maximum atomic E-state index is 12.2. The predicted octanol–water partition coefficient (Wildman–Crippen LogP) is 1.95. The summed E-state index contributed by atoms with van der Waals surface area (Å²) in [5, 5.41) is 19.5. The van der Waals surface area contributed by atoms with E-state index in [9.17, 15) is 9.90 Å². The van der Waals surface area contributed by atoms with Gasteiger partial charge in [0, 0.05) is 18.0 Å². The molecular formula is C17H22N4O2. The Morgan fingerprint density at radius 3 is 2.83 bits per heavy atom. The number of nitrogens with one attached hydrogen (secondary N) is 2. The Bertz CT molecular complexity index is 675. The smallest absolute Gasteiger partial charge is 0.223 e. The van der Waals surface area contributed by atoms with Crippen molar-refractivity contribution in [3.8, 4) is 11.4 Å². The van der Waals surface area contributed by atoms with Gasteiger partial charge >= 0.3 is 0 Å². The third-order valence-corrected chi connectivity index (χ3v) is 4.32. The lowest BCUT2D eigenvalue weighted by Crippen LogP contribution is -2.33. The number of H-pyrrole nitrogens is 1. The highest BCUT2D eigenvalue weighted by molar-refractivity contribution is 5.78. The Morgan fingerprint density at radius 2 is 2.13 bits per heavy atom. The highest BCUT2D eigenvalue weighted by Gasteiger charge is 2.24. The lowest BCUT2D eigenvalue weighted by molar-refractivity contribution is -0.126. The van der Waals surface area contributed by atoms with Crippen LogP contribution in [0.4, 0.5) is 0 Å². The van der Waals surface area contributed by atoms with E-state index >= 15 is 0 Å². The fourth-order valence-electron chi connectivity index (χ4n) is 2.96. The van der Waals surface area contributed by atoms with E-state index in [1.54, 1.807) is 0 Å². The normalized spacial score (nSPS) is 21.1. The zero-order chi connectivity index (χ0) is 16.2.